The van der Waals surface area contributed by atoms with E-state index in [0.29, 0.717) is 6.54 Å². The molecular weight excluding hydrogens is 338 g/mol. The number of nitrogens with zero attached hydrogens (tertiary/aromatic N) is 3. The molecule has 0 spiro atoms. The highest BCUT2D eigenvalue weighted by atomic mass is 16.2. The van der Waals surface area contributed by atoms with Crippen molar-refractivity contribution in [3.8, 4) is 0 Å². The minimum atomic E-state index is -0.254. The zero-order chi connectivity index (χ0) is 19.5. The minimum Gasteiger partial charge on any atom is -0.356 e. The number of unbranched alkanes of at least 4 members (excludes halogenated alkanes) is 2. The smallest absolute Gasteiger partial charge is 0.230 e. The van der Waals surface area contributed by atoms with E-state index in [1.54, 1.807) is 11.9 Å². The number of likely N-dealkylation sites (tertiary alicyclic amines) is 1. The van der Waals surface area contributed by atoms with Crippen LogP contribution in [0, 0.1) is 5.41 Å². The van der Waals surface area contributed by atoms with Crippen molar-refractivity contribution in [3.05, 3.63) is 0 Å². The van der Waals surface area contributed by atoms with Crippen molar-refractivity contribution in [2.75, 3.05) is 53.9 Å². The van der Waals surface area contributed by atoms with E-state index >= 15 is 0 Å². The molecule has 1 heterocycles. The highest BCUT2D eigenvalue weighted by Crippen LogP contribution is 2.38. The largest absolute Gasteiger partial charge is 0.356 e. The Kier molecular flexibility index (Phi) is 9.39. The molecular formula is C21H41N5O. The van der Waals surface area contributed by atoms with E-state index in [0.717, 1.165) is 44.6 Å². The lowest BCUT2D eigenvalue weighted by Crippen LogP contribution is -2.49. The van der Waals surface area contributed by atoms with Crippen LogP contribution in [-0.4, -0.2) is 75.5 Å². The van der Waals surface area contributed by atoms with Gasteiger partial charge in [0.1, 0.15) is 0 Å². The Morgan fingerprint density at radius 1 is 1.00 bits per heavy atom. The summed E-state index contributed by atoms with van der Waals surface area (Å²) in [5.74, 6) is 1.07. The number of nitrogens with one attached hydrogen (secondary N) is 2. The van der Waals surface area contributed by atoms with Gasteiger partial charge in [0.2, 0.25) is 5.91 Å². The number of rotatable bonds is 9. The van der Waals surface area contributed by atoms with Gasteiger partial charge < -0.3 is 20.4 Å². The van der Waals surface area contributed by atoms with Crippen LogP contribution < -0.4 is 10.6 Å². The number of amides is 1. The molecule has 0 radical (unpaired) electrons. The summed E-state index contributed by atoms with van der Waals surface area (Å²) in [6, 6.07) is 0. The first-order valence-corrected chi connectivity index (χ1v) is 11.0. The Bertz CT molecular complexity index is 465. The van der Waals surface area contributed by atoms with E-state index in [2.05, 4.69) is 20.5 Å². The van der Waals surface area contributed by atoms with Crippen LogP contribution in [0.3, 0.4) is 0 Å². The van der Waals surface area contributed by atoms with Gasteiger partial charge in [0, 0.05) is 34.2 Å². The summed E-state index contributed by atoms with van der Waals surface area (Å²) >= 11 is 0. The molecule has 0 aromatic carbocycles. The van der Waals surface area contributed by atoms with Crippen molar-refractivity contribution < 1.29 is 4.79 Å². The van der Waals surface area contributed by atoms with Gasteiger partial charge in [-0.05, 0) is 58.2 Å². The van der Waals surface area contributed by atoms with Gasteiger partial charge >= 0.3 is 0 Å². The number of carbonyl (C=O) groups is 1. The van der Waals surface area contributed by atoms with Crippen LogP contribution in [0.4, 0.5) is 0 Å². The highest BCUT2D eigenvalue weighted by Gasteiger charge is 2.42. The molecule has 27 heavy (non-hydrogen) atoms. The third-order valence-electron chi connectivity index (χ3n) is 6.13. The molecule has 2 rings (SSSR count). The fourth-order valence-electron chi connectivity index (χ4n) is 4.49. The van der Waals surface area contributed by atoms with Crippen molar-refractivity contribution in [2.24, 2.45) is 10.4 Å². The van der Waals surface area contributed by atoms with Crippen LogP contribution in [-0.2, 0) is 4.79 Å². The average Bonchev–Trinajstić information content (AvgIpc) is 3.17. The highest BCUT2D eigenvalue weighted by molar-refractivity contribution is 5.85. The Hall–Kier alpha value is -1.30. The monoisotopic (exact) mass is 379 g/mol. The van der Waals surface area contributed by atoms with Crippen LogP contribution >= 0.6 is 0 Å². The number of carbonyl (C=O) groups excluding carboxylic acids is 1. The Morgan fingerprint density at radius 3 is 2.33 bits per heavy atom. The second-order valence-corrected chi connectivity index (χ2v) is 8.50. The molecule has 0 bridgehead atoms. The molecule has 0 atom stereocenters. The van der Waals surface area contributed by atoms with Crippen molar-refractivity contribution in [1.29, 1.82) is 0 Å². The molecule has 156 valence electrons. The first kappa shape index (κ1) is 22.0. The van der Waals surface area contributed by atoms with Crippen LogP contribution in [0.5, 0.6) is 0 Å². The van der Waals surface area contributed by atoms with Crippen molar-refractivity contribution >= 4 is 11.9 Å². The molecule has 1 saturated heterocycles. The van der Waals surface area contributed by atoms with Crippen molar-refractivity contribution in [3.63, 3.8) is 0 Å². The maximum Gasteiger partial charge on any atom is 0.230 e. The second kappa shape index (κ2) is 11.5. The fourth-order valence-corrected chi connectivity index (χ4v) is 4.49. The first-order valence-electron chi connectivity index (χ1n) is 11.0. The van der Waals surface area contributed by atoms with Gasteiger partial charge in [-0.25, -0.2) is 0 Å². The average molecular weight is 380 g/mol. The van der Waals surface area contributed by atoms with Gasteiger partial charge in [0.05, 0.1) is 5.41 Å². The first-order chi connectivity index (χ1) is 13.1. The maximum atomic E-state index is 12.7. The summed E-state index contributed by atoms with van der Waals surface area (Å²) in [6.45, 7) is 5.46. The Morgan fingerprint density at radius 2 is 1.70 bits per heavy atom. The number of hydrogen-bond acceptors (Lipinski definition) is 3. The number of piperidine rings is 1. The SMILES string of the molecule is CN=C(NCCCCCN1CCCCC1)NCC1(C(=O)N(C)C)CCCC1. The van der Waals surface area contributed by atoms with E-state index in [9.17, 15) is 4.79 Å². The third kappa shape index (κ3) is 6.98. The van der Waals surface area contributed by atoms with Gasteiger partial charge in [-0.15, -0.1) is 0 Å². The summed E-state index contributed by atoms with van der Waals surface area (Å²) < 4.78 is 0. The molecule has 6 heteroatoms. The van der Waals surface area contributed by atoms with E-state index in [1.807, 2.05) is 14.1 Å². The lowest BCUT2D eigenvalue weighted by Gasteiger charge is -2.31. The van der Waals surface area contributed by atoms with E-state index < -0.39 is 0 Å². The van der Waals surface area contributed by atoms with Gasteiger partial charge in [-0.1, -0.05) is 25.7 Å². The van der Waals surface area contributed by atoms with Gasteiger partial charge in [0.15, 0.2) is 5.96 Å². The molecule has 2 fully saturated rings. The molecule has 1 aliphatic heterocycles. The predicted octanol–water partition coefficient (Wildman–Crippen LogP) is 2.46. The van der Waals surface area contributed by atoms with E-state index in [1.165, 1.54) is 51.7 Å². The number of aliphatic imine (C=N–C) groups is 1. The van der Waals surface area contributed by atoms with Crippen molar-refractivity contribution in [1.82, 2.24) is 20.4 Å². The molecule has 0 aromatic heterocycles. The normalized spacial score (nSPS) is 20.5. The zero-order valence-corrected chi connectivity index (χ0v) is 17.9. The topological polar surface area (TPSA) is 60.0 Å². The van der Waals surface area contributed by atoms with Crippen LogP contribution in [0.15, 0.2) is 4.99 Å². The Labute approximate surface area is 166 Å². The summed E-state index contributed by atoms with van der Waals surface area (Å²) in [4.78, 5) is 21.3. The minimum absolute atomic E-state index is 0.251. The van der Waals surface area contributed by atoms with E-state index in [-0.39, 0.29) is 11.3 Å². The van der Waals surface area contributed by atoms with Gasteiger partial charge in [-0.3, -0.25) is 9.79 Å². The number of guanidine groups is 1. The van der Waals surface area contributed by atoms with Crippen LogP contribution in [0.2, 0.25) is 0 Å². The quantitative estimate of drug-likeness (QED) is 0.367. The molecule has 1 saturated carbocycles. The lowest BCUT2D eigenvalue weighted by molar-refractivity contribution is -0.138. The molecule has 2 aliphatic rings. The Balaban J connectivity index is 1.62. The predicted molar refractivity (Wildman–Crippen MR) is 113 cm³/mol. The molecule has 6 nitrogen and oxygen atoms in total. The van der Waals surface area contributed by atoms with Crippen molar-refractivity contribution in [2.45, 2.75) is 64.2 Å². The fraction of sp³-hybridized carbons (Fsp3) is 0.905. The van der Waals surface area contributed by atoms with Crippen LogP contribution in [0.25, 0.3) is 0 Å². The number of hydrogen-bond donors (Lipinski definition) is 2. The molecule has 2 N–H and O–H groups in total. The summed E-state index contributed by atoms with van der Waals surface area (Å²) in [7, 11) is 5.53. The second-order valence-electron chi connectivity index (χ2n) is 8.50. The molecule has 1 amide bonds. The molecule has 1 aliphatic carbocycles. The van der Waals surface area contributed by atoms with Crippen LogP contribution in [0.1, 0.15) is 64.2 Å². The summed E-state index contributed by atoms with van der Waals surface area (Å²) in [5, 5.41) is 6.83. The lowest BCUT2D eigenvalue weighted by atomic mass is 9.84. The van der Waals surface area contributed by atoms with E-state index in [4.69, 9.17) is 0 Å². The molecule has 0 aromatic rings. The third-order valence-corrected chi connectivity index (χ3v) is 6.13. The standard InChI is InChI=1S/C21H41N5O/c1-22-20(23-14-8-4-9-15-26-16-10-5-11-17-26)24-18-21(12-6-7-13-21)19(27)25(2)3/h4-18H2,1-3H3,(H2,22,23,24). The maximum absolute atomic E-state index is 12.7. The summed E-state index contributed by atoms with van der Waals surface area (Å²) in [6.07, 6.45) is 12.1. The van der Waals surface area contributed by atoms with Gasteiger partial charge in [0.25, 0.3) is 0 Å². The van der Waals surface area contributed by atoms with Gasteiger partial charge in [-0.2, -0.15) is 0 Å². The molecule has 0 unspecified atom stereocenters. The zero-order valence-electron chi connectivity index (χ0n) is 17.9. The summed E-state index contributed by atoms with van der Waals surface area (Å²) in [5.41, 5.74) is -0.254.